The molecule has 2 aromatic carbocycles. The molecule has 13 nitrogen and oxygen atoms in total. The van der Waals surface area contributed by atoms with Crippen LogP contribution in [-0.4, -0.2) is 88.9 Å². The molecule has 0 radical (unpaired) electrons. The van der Waals surface area contributed by atoms with Crippen molar-refractivity contribution in [2.24, 2.45) is 5.92 Å². The predicted molar refractivity (Wildman–Crippen MR) is 200 cm³/mol. The summed E-state index contributed by atoms with van der Waals surface area (Å²) >= 11 is 6.14. The molecule has 0 spiro atoms. The van der Waals surface area contributed by atoms with Crippen LogP contribution in [0.4, 0.5) is 16.3 Å². The van der Waals surface area contributed by atoms with Gasteiger partial charge in [0.2, 0.25) is 5.91 Å². The van der Waals surface area contributed by atoms with Gasteiger partial charge in [0.1, 0.15) is 11.8 Å². The highest BCUT2D eigenvalue weighted by molar-refractivity contribution is 6.31. The number of urea groups is 1. The topological polar surface area (TPSA) is 149 Å². The number of anilines is 2. The normalized spacial score (nSPS) is 23.6. The van der Waals surface area contributed by atoms with E-state index < -0.39 is 0 Å². The lowest BCUT2D eigenvalue weighted by molar-refractivity contribution is -0.120. The first-order valence-electron chi connectivity index (χ1n) is 18.5. The van der Waals surface area contributed by atoms with Crippen molar-refractivity contribution in [3.05, 3.63) is 77.1 Å². The van der Waals surface area contributed by atoms with Crippen molar-refractivity contribution in [1.29, 1.82) is 5.26 Å². The van der Waals surface area contributed by atoms with Crippen LogP contribution < -0.4 is 25.2 Å². The highest BCUT2D eigenvalue weighted by Gasteiger charge is 2.34. The Kier molecular flexibility index (Phi) is 9.90. The third-order valence-corrected chi connectivity index (χ3v) is 11.5. The van der Waals surface area contributed by atoms with Gasteiger partial charge in [-0.05, 0) is 86.9 Å². The van der Waals surface area contributed by atoms with Gasteiger partial charge in [0.05, 0.1) is 27.9 Å². The van der Waals surface area contributed by atoms with Gasteiger partial charge in [-0.2, -0.15) is 5.26 Å². The zero-order chi connectivity index (χ0) is 36.5. The smallest absolute Gasteiger partial charge is 0.328 e. The number of aromatic nitrogens is 3. The molecule has 53 heavy (non-hydrogen) atoms. The molecule has 0 atom stereocenters. The van der Waals surface area contributed by atoms with Gasteiger partial charge in [-0.25, -0.2) is 4.79 Å². The number of piperazine rings is 1. The Morgan fingerprint density at radius 3 is 2.51 bits per heavy atom. The number of amides is 4. The van der Waals surface area contributed by atoms with E-state index in [1.54, 1.807) is 29.2 Å². The quantitative estimate of drug-likeness (QED) is 0.234. The number of hydrogen-bond acceptors (Lipinski definition) is 9. The van der Waals surface area contributed by atoms with Crippen LogP contribution in [-0.2, 0) is 4.79 Å². The maximum absolute atomic E-state index is 13.0. The molecule has 274 valence electrons. The summed E-state index contributed by atoms with van der Waals surface area (Å²) in [4.78, 5) is 43.6. The van der Waals surface area contributed by atoms with Crippen LogP contribution >= 0.6 is 11.6 Å². The van der Waals surface area contributed by atoms with E-state index >= 15 is 0 Å². The second-order valence-electron chi connectivity index (χ2n) is 14.6. The Morgan fingerprint density at radius 1 is 0.981 bits per heavy atom. The number of ether oxygens (including phenoxy) is 1. The Bertz CT molecular complexity index is 2040. The molecule has 2 N–H and O–H groups in total. The largest absolute Gasteiger partial charge is 0.490 e. The molecule has 4 amide bonds. The van der Waals surface area contributed by atoms with Gasteiger partial charge in [-0.1, -0.05) is 17.7 Å². The summed E-state index contributed by atoms with van der Waals surface area (Å²) in [5.74, 6) is 1.63. The lowest BCUT2D eigenvalue weighted by Gasteiger charge is -2.42. The van der Waals surface area contributed by atoms with Gasteiger partial charge in [0.25, 0.3) is 5.91 Å². The number of carbonyl (C=O) groups is 3. The van der Waals surface area contributed by atoms with Gasteiger partial charge in [0, 0.05) is 75.4 Å². The molecular formula is C39H42ClN9O4. The van der Waals surface area contributed by atoms with Gasteiger partial charge >= 0.3 is 6.03 Å². The van der Waals surface area contributed by atoms with Crippen LogP contribution in [0.3, 0.4) is 0 Å². The van der Waals surface area contributed by atoms with Gasteiger partial charge in [-0.15, -0.1) is 10.2 Å². The number of halogens is 1. The average molecular weight is 736 g/mol. The summed E-state index contributed by atoms with van der Waals surface area (Å²) in [6.45, 7) is 5.08. The monoisotopic (exact) mass is 735 g/mol. The standard InChI is InChI=1S/C39H42ClN9O4/c40-32-22-30(7-4-26(32)23-41)53-29-8-5-27(6-9-29)42-38(51)33-10-11-36(45-44-33)47-18-16-46(17-19-47)24-25-20-28(21-25)48-14-12-31-34(48)2-1-3-35(31)49-15-13-37(50)43-39(49)52/h1-4,7,10-12,14,22,25,27-29H,5-6,8-9,13,15-21,24H2,(H,42,51)(H,43,50,52)/t25-,27-,28-,29-. The number of nitrogens with one attached hydrogen (secondary N) is 2. The van der Waals surface area contributed by atoms with E-state index in [4.69, 9.17) is 21.6 Å². The molecule has 14 heteroatoms. The van der Waals surface area contributed by atoms with Crippen molar-refractivity contribution in [3.8, 4) is 11.8 Å². The number of benzene rings is 2. The summed E-state index contributed by atoms with van der Waals surface area (Å²) in [6, 6.07) is 19.1. The third-order valence-electron chi connectivity index (χ3n) is 11.2. The van der Waals surface area contributed by atoms with Crippen LogP contribution in [0.25, 0.3) is 10.9 Å². The second-order valence-corrected chi connectivity index (χ2v) is 15.0. The van der Waals surface area contributed by atoms with Crippen molar-refractivity contribution in [3.63, 3.8) is 0 Å². The molecular weight excluding hydrogens is 694 g/mol. The minimum atomic E-state index is -0.358. The van der Waals surface area contributed by atoms with Gasteiger partial charge in [0.15, 0.2) is 11.5 Å². The van der Waals surface area contributed by atoms with Crippen LogP contribution in [0.5, 0.6) is 5.75 Å². The Hall–Kier alpha value is -5.19. The Morgan fingerprint density at radius 2 is 1.79 bits per heavy atom. The number of hydrogen-bond donors (Lipinski definition) is 2. The number of nitrogens with zero attached hydrogens (tertiary/aromatic N) is 7. The zero-order valence-electron chi connectivity index (χ0n) is 29.4. The molecule has 0 bridgehead atoms. The number of imide groups is 1. The number of nitriles is 1. The highest BCUT2D eigenvalue weighted by atomic mass is 35.5. The molecule has 4 heterocycles. The summed E-state index contributed by atoms with van der Waals surface area (Å²) in [7, 11) is 0. The fourth-order valence-corrected chi connectivity index (χ4v) is 8.39. The summed E-state index contributed by atoms with van der Waals surface area (Å²) < 4.78 is 8.43. The number of carbonyl (C=O) groups excluding carboxylic acids is 3. The molecule has 2 aromatic heterocycles. The van der Waals surface area contributed by atoms with Gasteiger partial charge < -0.3 is 19.5 Å². The Balaban J connectivity index is 0.763. The molecule has 8 rings (SSSR count). The fourth-order valence-electron chi connectivity index (χ4n) is 8.17. The van der Waals surface area contributed by atoms with E-state index in [0.29, 0.717) is 47.0 Å². The summed E-state index contributed by atoms with van der Waals surface area (Å²) in [6.07, 6.45) is 7.91. The van der Waals surface area contributed by atoms with E-state index in [1.165, 1.54) is 0 Å². The summed E-state index contributed by atoms with van der Waals surface area (Å²) in [5, 5.41) is 24.7. The van der Waals surface area contributed by atoms with Crippen molar-refractivity contribution in [1.82, 2.24) is 30.3 Å². The lowest BCUT2D eigenvalue weighted by atomic mass is 9.79. The third kappa shape index (κ3) is 7.52. The van der Waals surface area contributed by atoms with E-state index in [-0.39, 0.29) is 30.0 Å². The molecule has 2 aliphatic carbocycles. The predicted octanol–water partition coefficient (Wildman–Crippen LogP) is 5.30. The van der Waals surface area contributed by atoms with Crippen molar-refractivity contribution in [2.45, 2.75) is 63.1 Å². The van der Waals surface area contributed by atoms with E-state index in [1.807, 2.05) is 18.2 Å². The van der Waals surface area contributed by atoms with Crippen LogP contribution in [0.1, 0.15) is 67.0 Å². The molecule has 4 aliphatic rings. The maximum Gasteiger partial charge on any atom is 0.328 e. The summed E-state index contributed by atoms with van der Waals surface area (Å²) in [5.41, 5.74) is 2.71. The average Bonchev–Trinajstić information content (AvgIpc) is 3.58. The second kappa shape index (κ2) is 15.0. The van der Waals surface area contributed by atoms with Crippen LogP contribution in [0, 0.1) is 17.2 Å². The zero-order valence-corrected chi connectivity index (χ0v) is 30.2. The van der Waals surface area contributed by atoms with Gasteiger partial charge in [-0.3, -0.25) is 24.7 Å². The molecule has 4 aromatic rings. The molecule has 2 saturated carbocycles. The van der Waals surface area contributed by atoms with Crippen LogP contribution in [0.15, 0.2) is 60.8 Å². The molecule has 2 aliphatic heterocycles. The minimum absolute atomic E-state index is 0.0327. The maximum atomic E-state index is 13.0. The molecule has 2 saturated heterocycles. The Labute approximate surface area is 312 Å². The lowest BCUT2D eigenvalue weighted by Crippen LogP contribution is -2.49. The SMILES string of the molecule is N#Cc1ccc(O[C@H]2CC[C@H](NC(=O)c3ccc(N4CCN(C[C@H]5C[C@H](n6ccc7c(N8CCC(=O)NC8=O)cccc76)C5)CC4)nn3)CC2)cc1Cl. The fraction of sp³-hybridized carbons (Fsp3) is 0.436. The van der Waals surface area contributed by atoms with Crippen molar-refractivity contribution < 1.29 is 19.1 Å². The first kappa shape index (κ1) is 34.9. The van der Waals surface area contributed by atoms with E-state index in [9.17, 15) is 14.4 Å². The molecule has 4 fully saturated rings. The first-order valence-corrected chi connectivity index (χ1v) is 18.9. The van der Waals surface area contributed by atoms with Crippen LogP contribution in [0.2, 0.25) is 5.02 Å². The van der Waals surface area contributed by atoms with Crippen molar-refractivity contribution in [2.75, 3.05) is 49.1 Å². The highest BCUT2D eigenvalue weighted by Crippen LogP contribution is 2.42. The number of fused-ring (bicyclic) bond motifs is 1. The van der Waals surface area contributed by atoms with E-state index in [2.05, 4.69) is 59.6 Å². The minimum Gasteiger partial charge on any atom is -0.490 e. The number of rotatable bonds is 9. The van der Waals surface area contributed by atoms with E-state index in [0.717, 1.165) is 93.7 Å². The van der Waals surface area contributed by atoms with Crippen molar-refractivity contribution >= 4 is 51.9 Å². The first-order chi connectivity index (χ1) is 25.8. The molecule has 0 unspecified atom stereocenters.